The van der Waals surface area contributed by atoms with E-state index in [1.807, 2.05) is 35.7 Å². The van der Waals surface area contributed by atoms with Crippen LogP contribution in [0.3, 0.4) is 0 Å². The minimum absolute atomic E-state index is 0.00661. The largest absolute Gasteiger partial charge is 0.384 e. The Bertz CT molecular complexity index is 1230. The number of nitrogens with two attached hydrogens (primary N) is 1. The van der Waals surface area contributed by atoms with Gasteiger partial charge in [0.2, 0.25) is 0 Å². The number of benzene rings is 1. The number of ether oxygens (including phenoxy) is 1. The zero-order valence-electron chi connectivity index (χ0n) is 16.8. The predicted molar refractivity (Wildman–Crippen MR) is 123 cm³/mol. The molecule has 1 saturated heterocycles. The molecule has 0 radical (unpaired) electrons. The molecular weight excluding hydrogens is 410 g/mol. The molecule has 31 heavy (non-hydrogen) atoms. The summed E-state index contributed by atoms with van der Waals surface area (Å²) in [7, 11) is 0. The molecule has 4 heterocycles. The summed E-state index contributed by atoms with van der Waals surface area (Å²) >= 11 is 1.65. The number of carbonyl (C=O) groups excluding carboxylic acids is 1. The van der Waals surface area contributed by atoms with Crippen LogP contribution in [-0.2, 0) is 11.2 Å². The van der Waals surface area contributed by atoms with E-state index >= 15 is 0 Å². The molecule has 0 spiro atoms. The summed E-state index contributed by atoms with van der Waals surface area (Å²) in [4.78, 5) is 28.6. The van der Waals surface area contributed by atoms with Gasteiger partial charge in [0.05, 0.1) is 23.4 Å². The van der Waals surface area contributed by atoms with Gasteiger partial charge in [0, 0.05) is 36.8 Å². The quantitative estimate of drug-likeness (QED) is 0.483. The molecule has 0 unspecified atom stereocenters. The molecule has 1 aliphatic heterocycles. The van der Waals surface area contributed by atoms with E-state index in [1.54, 1.807) is 23.5 Å². The number of Topliss-reactive ketones (excluding diaryl/α,β-unsaturated/α-hetero) is 1. The molecule has 156 valence electrons. The van der Waals surface area contributed by atoms with Crippen molar-refractivity contribution >= 4 is 39.0 Å². The number of aromatic nitrogens is 3. The predicted octanol–water partition coefficient (Wildman–Crippen LogP) is 3.60. The first-order chi connectivity index (χ1) is 15.2. The number of rotatable bonds is 5. The third-order valence-corrected chi connectivity index (χ3v) is 6.15. The third-order valence-electron chi connectivity index (χ3n) is 5.25. The lowest BCUT2D eigenvalue weighted by Gasteiger charge is -2.28. The van der Waals surface area contributed by atoms with E-state index in [-0.39, 0.29) is 12.2 Å². The number of pyridine rings is 1. The number of carbonyl (C=O) groups is 1. The van der Waals surface area contributed by atoms with Crippen LogP contribution in [-0.4, -0.2) is 47.0 Å². The molecule has 3 aromatic heterocycles. The summed E-state index contributed by atoms with van der Waals surface area (Å²) < 4.78 is 6.59. The molecule has 5 rings (SSSR count). The summed E-state index contributed by atoms with van der Waals surface area (Å²) in [6.45, 7) is 3.02. The van der Waals surface area contributed by atoms with E-state index in [2.05, 4.69) is 9.88 Å². The van der Waals surface area contributed by atoms with Crippen molar-refractivity contribution in [2.24, 2.45) is 0 Å². The highest BCUT2D eigenvalue weighted by molar-refractivity contribution is 7.17. The highest BCUT2D eigenvalue weighted by Gasteiger charge is 2.19. The van der Waals surface area contributed by atoms with E-state index < -0.39 is 0 Å². The molecule has 0 bridgehead atoms. The first-order valence-electron chi connectivity index (χ1n) is 10.1. The van der Waals surface area contributed by atoms with Gasteiger partial charge in [0.15, 0.2) is 17.4 Å². The van der Waals surface area contributed by atoms with E-state index in [1.165, 1.54) is 6.20 Å². The average molecular weight is 432 g/mol. The van der Waals surface area contributed by atoms with Crippen LogP contribution in [0.4, 0.5) is 11.6 Å². The lowest BCUT2D eigenvalue weighted by molar-refractivity contribution is 0.0992. The van der Waals surface area contributed by atoms with Crippen LogP contribution < -0.4 is 10.6 Å². The lowest BCUT2D eigenvalue weighted by atomic mass is 10.0. The standard InChI is InChI=1S/C23H21N5O2S/c24-20-5-4-17(14-25-20)19(29)13-15-2-1-3-16(12-15)22-26-18-6-11-31-21(18)23(27-22)28-7-9-30-10-8-28/h1-6,11-12,14H,7-10,13H2,(H2,24,25). The second-order valence-electron chi connectivity index (χ2n) is 7.38. The Morgan fingerprint density at radius 2 is 2.00 bits per heavy atom. The van der Waals surface area contributed by atoms with Crippen LogP contribution >= 0.6 is 11.3 Å². The Kier molecular flexibility index (Phi) is 5.31. The summed E-state index contributed by atoms with van der Waals surface area (Å²) in [6.07, 6.45) is 1.79. The van der Waals surface area contributed by atoms with E-state index in [0.29, 0.717) is 30.4 Å². The van der Waals surface area contributed by atoms with Crippen molar-refractivity contribution in [2.45, 2.75) is 6.42 Å². The number of hydrogen-bond acceptors (Lipinski definition) is 8. The zero-order valence-corrected chi connectivity index (χ0v) is 17.6. The second-order valence-corrected chi connectivity index (χ2v) is 8.29. The van der Waals surface area contributed by atoms with E-state index in [0.717, 1.165) is 40.3 Å². The smallest absolute Gasteiger partial charge is 0.168 e. The van der Waals surface area contributed by atoms with Gasteiger partial charge >= 0.3 is 0 Å². The fourth-order valence-corrected chi connectivity index (χ4v) is 4.49. The first kappa shape index (κ1) is 19.6. The fourth-order valence-electron chi connectivity index (χ4n) is 3.64. The molecule has 0 amide bonds. The maximum absolute atomic E-state index is 12.6. The average Bonchev–Trinajstić information content (AvgIpc) is 3.28. The molecule has 7 nitrogen and oxygen atoms in total. The maximum Gasteiger partial charge on any atom is 0.168 e. The molecule has 0 aliphatic carbocycles. The first-order valence-corrected chi connectivity index (χ1v) is 11.0. The highest BCUT2D eigenvalue weighted by atomic mass is 32.1. The molecule has 1 aliphatic rings. The van der Waals surface area contributed by atoms with Gasteiger partial charge in [-0.2, -0.15) is 0 Å². The molecular formula is C23H21N5O2S. The summed E-state index contributed by atoms with van der Waals surface area (Å²) in [6, 6.07) is 13.2. The minimum Gasteiger partial charge on any atom is -0.384 e. The third kappa shape index (κ3) is 4.12. The highest BCUT2D eigenvalue weighted by Crippen LogP contribution is 2.32. The Labute approximate surface area is 183 Å². The zero-order chi connectivity index (χ0) is 21.2. The summed E-state index contributed by atoms with van der Waals surface area (Å²) in [5, 5.41) is 2.04. The van der Waals surface area contributed by atoms with Crippen LogP contribution in [0.15, 0.2) is 54.0 Å². The van der Waals surface area contributed by atoms with Crippen molar-refractivity contribution in [2.75, 3.05) is 36.9 Å². The fraction of sp³-hybridized carbons (Fsp3) is 0.217. The van der Waals surface area contributed by atoms with Crippen molar-refractivity contribution in [3.8, 4) is 11.4 Å². The van der Waals surface area contributed by atoms with Crippen LogP contribution in [0.25, 0.3) is 21.6 Å². The molecule has 0 saturated carbocycles. The van der Waals surface area contributed by atoms with Crippen LogP contribution in [0.2, 0.25) is 0 Å². The molecule has 8 heteroatoms. The van der Waals surface area contributed by atoms with Crippen molar-refractivity contribution in [3.05, 3.63) is 65.2 Å². The molecule has 1 aromatic carbocycles. The monoisotopic (exact) mass is 431 g/mol. The lowest BCUT2D eigenvalue weighted by Crippen LogP contribution is -2.36. The van der Waals surface area contributed by atoms with Gasteiger partial charge in [-0.3, -0.25) is 4.79 Å². The molecule has 2 N–H and O–H groups in total. The van der Waals surface area contributed by atoms with Crippen molar-refractivity contribution in [1.29, 1.82) is 0 Å². The maximum atomic E-state index is 12.6. The van der Waals surface area contributed by atoms with Gasteiger partial charge in [-0.15, -0.1) is 11.3 Å². The number of nitrogen functional groups attached to an aromatic ring is 1. The topological polar surface area (TPSA) is 94.2 Å². The van der Waals surface area contributed by atoms with Crippen LogP contribution in [0.5, 0.6) is 0 Å². The molecule has 4 aromatic rings. The summed E-state index contributed by atoms with van der Waals surface area (Å²) in [5.41, 5.74) is 8.89. The van der Waals surface area contributed by atoms with Gasteiger partial charge in [-0.1, -0.05) is 18.2 Å². The van der Waals surface area contributed by atoms with Crippen LogP contribution in [0.1, 0.15) is 15.9 Å². The Morgan fingerprint density at radius 1 is 1.13 bits per heavy atom. The normalized spacial score (nSPS) is 14.1. The molecule has 1 fully saturated rings. The van der Waals surface area contributed by atoms with Crippen molar-refractivity contribution in [1.82, 2.24) is 15.0 Å². The van der Waals surface area contributed by atoms with Gasteiger partial charge < -0.3 is 15.4 Å². The van der Waals surface area contributed by atoms with Gasteiger partial charge in [-0.05, 0) is 35.2 Å². The van der Waals surface area contributed by atoms with Crippen molar-refractivity contribution < 1.29 is 9.53 Å². The second kappa shape index (κ2) is 8.41. The Morgan fingerprint density at radius 3 is 2.81 bits per heavy atom. The van der Waals surface area contributed by atoms with Gasteiger partial charge in [0.25, 0.3) is 0 Å². The number of nitrogens with zero attached hydrogens (tertiary/aromatic N) is 4. The summed E-state index contributed by atoms with van der Waals surface area (Å²) in [5.74, 6) is 2.01. The van der Waals surface area contributed by atoms with Crippen molar-refractivity contribution in [3.63, 3.8) is 0 Å². The number of fused-ring (bicyclic) bond motifs is 1. The number of thiophene rings is 1. The van der Waals surface area contributed by atoms with Gasteiger partial charge in [-0.25, -0.2) is 15.0 Å². The number of hydrogen-bond donors (Lipinski definition) is 1. The SMILES string of the molecule is Nc1ccc(C(=O)Cc2cccc(-c3nc(N4CCOCC4)c4sccc4n3)c2)cn1. The number of anilines is 2. The van der Waals surface area contributed by atoms with Crippen LogP contribution in [0, 0.1) is 0 Å². The number of morpholine rings is 1. The Hall–Kier alpha value is -3.36. The van der Waals surface area contributed by atoms with E-state index in [9.17, 15) is 4.79 Å². The number of ketones is 1. The van der Waals surface area contributed by atoms with Gasteiger partial charge in [0.1, 0.15) is 5.82 Å². The Balaban J connectivity index is 1.46. The van der Waals surface area contributed by atoms with E-state index in [4.69, 9.17) is 20.4 Å². The minimum atomic E-state index is -0.00661. The molecule has 0 atom stereocenters.